The quantitative estimate of drug-likeness (QED) is 0.203. The molecule has 0 spiro atoms. The number of hydrogen-bond donors (Lipinski definition) is 2. The lowest BCUT2D eigenvalue weighted by Crippen LogP contribution is -2.47. The molecule has 2 N–H and O–H groups in total. The lowest BCUT2D eigenvalue weighted by Gasteiger charge is -2.44. The third-order valence-corrected chi connectivity index (χ3v) is 8.60. The molecule has 6 rings (SSSR count). The minimum absolute atomic E-state index is 0.000000753. The van der Waals surface area contributed by atoms with Crippen LogP contribution in [0.2, 0.25) is 0 Å². The molecular weight excluding hydrogens is 612 g/mol. The molecule has 1 aromatic heterocycles. The zero-order chi connectivity index (χ0) is 33.8. The largest absolute Gasteiger partial charge is 0.465 e. The van der Waals surface area contributed by atoms with Crippen molar-refractivity contribution in [3.8, 4) is 0 Å². The first-order valence-corrected chi connectivity index (χ1v) is 15.5. The molecule has 11 heteroatoms. The summed E-state index contributed by atoms with van der Waals surface area (Å²) in [5, 5.41) is 5.71. The third-order valence-electron chi connectivity index (χ3n) is 8.60. The molecule has 2 unspecified atom stereocenters. The minimum atomic E-state index is -0.687. The summed E-state index contributed by atoms with van der Waals surface area (Å²) in [6, 6.07) is 24.0. The Bertz CT molecular complexity index is 1950. The predicted molar refractivity (Wildman–Crippen MR) is 181 cm³/mol. The smallest absolute Gasteiger partial charge is 0.337 e. The molecule has 2 amide bonds. The van der Waals surface area contributed by atoms with Gasteiger partial charge in [-0.05, 0) is 66.4 Å². The molecule has 11 nitrogen and oxygen atoms in total. The SMILES string of the molecule is COC(=O)c1cc(NC(=O)c2ccc(N3CC4CC(C3)c3cccc(=O)n3C4)c(NC(=O)/C=C\c3ccccc3)c2)cc(C(=O)OC)c1. The summed E-state index contributed by atoms with van der Waals surface area (Å²) in [4.78, 5) is 66.1. The number of hydrogen-bond acceptors (Lipinski definition) is 8. The van der Waals surface area contributed by atoms with Crippen molar-refractivity contribution in [3.63, 3.8) is 0 Å². The zero-order valence-electron chi connectivity index (χ0n) is 26.5. The van der Waals surface area contributed by atoms with Crippen LogP contribution in [0.15, 0.2) is 95.8 Å². The van der Waals surface area contributed by atoms with Gasteiger partial charge < -0.3 is 29.6 Å². The van der Waals surface area contributed by atoms with Gasteiger partial charge in [-0.1, -0.05) is 36.4 Å². The maximum absolute atomic E-state index is 13.6. The lowest BCUT2D eigenvalue weighted by atomic mass is 9.83. The molecule has 1 saturated heterocycles. The Labute approximate surface area is 276 Å². The van der Waals surface area contributed by atoms with Crippen LogP contribution in [0, 0.1) is 5.92 Å². The van der Waals surface area contributed by atoms with Gasteiger partial charge in [0.1, 0.15) is 0 Å². The van der Waals surface area contributed by atoms with Crippen LogP contribution in [0.5, 0.6) is 0 Å². The molecule has 2 atom stereocenters. The highest BCUT2D eigenvalue weighted by Gasteiger charge is 2.35. The van der Waals surface area contributed by atoms with E-state index in [0.29, 0.717) is 25.3 Å². The molecule has 3 aromatic carbocycles. The van der Waals surface area contributed by atoms with Crippen LogP contribution >= 0.6 is 0 Å². The molecule has 0 saturated carbocycles. The van der Waals surface area contributed by atoms with Crippen molar-refractivity contribution in [3.05, 3.63) is 129 Å². The fraction of sp³-hybridized carbons (Fsp3) is 0.216. The Morgan fingerprint density at radius 2 is 1.50 bits per heavy atom. The average molecular weight is 647 g/mol. The van der Waals surface area contributed by atoms with E-state index in [4.69, 9.17) is 9.47 Å². The number of benzene rings is 3. The van der Waals surface area contributed by atoms with E-state index < -0.39 is 17.8 Å². The number of carbonyl (C=O) groups is 4. The number of aromatic nitrogens is 1. The number of fused-ring (bicyclic) bond motifs is 4. The molecule has 0 radical (unpaired) electrons. The molecule has 3 heterocycles. The van der Waals surface area contributed by atoms with Crippen molar-refractivity contribution in [2.75, 3.05) is 42.8 Å². The number of methoxy groups -OCH3 is 2. The van der Waals surface area contributed by atoms with Crippen molar-refractivity contribution in [1.82, 2.24) is 4.57 Å². The second kappa shape index (κ2) is 13.8. The van der Waals surface area contributed by atoms with Crippen molar-refractivity contribution < 1.29 is 28.7 Å². The molecular formula is C37H34N4O7. The fourth-order valence-corrected chi connectivity index (χ4v) is 6.43. The van der Waals surface area contributed by atoms with Gasteiger partial charge in [-0.2, -0.15) is 0 Å². The van der Waals surface area contributed by atoms with Crippen LogP contribution < -0.4 is 21.1 Å². The van der Waals surface area contributed by atoms with Crippen molar-refractivity contribution in [1.29, 1.82) is 0 Å². The highest BCUT2D eigenvalue weighted by molar-refractivity contribution is 6.09. The van der Waals surface area contributed by atoms with Gasteiger partial charge in [0.15, 0.2) is 0 Å². The van der Waals surface area contributed by atoms with Crippen molar-refractivity contribution in [2.45, 2.75) is 18.9 Å². The third kappa shape index (κ3) is 6.90. The number of amides is 2. The minimum Gasteiger partial charge on any atom is -0.465 e. The van der Waals surface area contributed by atoms with Crippen LogP contribution in [-0.2, 0) is 20.8 Å². The number of pyridine rings is 1. The molecule has 4 aromatic rings. The molecule has 2 bridgehead atoms. The van der Waals surface area contributed by atoms with Crippen molar-refractivity contribution in [2.24, 2.45) is 5.92 Å². The highest BCUT2D eigenvalue weighted by atomic mass is 16.5. The Morgan fingerprint density at radius 3 is 2.21 bits per heavy atom. The highest BCUT2D eigenvalue weighted by Crippen LogP contribution is 2.39. The lowest BCUT2D eigenvalue weighted by molar-refractivity contribution is -0.111. The summed E-state index contributed by atoms with van der Waals surface area (Å²) in [6.45, 7) is 1.91. The number of nitrogens with zero attached hydrogens (tertiary/aromatic N) is 2. The van der Waals surface area contributed by atoms with E-state index in [1.165, 1.54) is 38.5 Å². The standard InChI is InChI=1S/C37H34N4O7/c1-47-36(45)26-16-27(37(46)48-2)18-29(17-26)38-35(44)25-12-13-32(30(19-25)39-33(42)14-11-23-7-4-3-5-8-23)40-20-24-15-28(22-40)31-9-6-10-34(43)41(31)21-24/h3-14,16-19,24,28H,15,20-22H2,1-2H3,(H,38,44)(H,39,42)/b14-11-. The van der Waals surface area contributed by atoms with Crippen LogP contribution in [0.4, 0.5) is 17.1 Å². The van der Waals surface area contributed by atoms with Crippen LogP contribution in [-0.4, -0.2) is 55.6 Å². The van der Waals surface area contributed by atoms with Gasteiger partial charge in [0, 0.05) is 54.6 Å². The van der Waals surface area contributed by atoms with E-state index in [0.717, 1.165) is 23.4 Å². The summed E-state index contributed by atoms with van der Waals surface area (Å²) in [5.41, 5.74) is 3.58. The van der Waals surface area contributed by atoms with E-state index in [2.05, 4.69) is 15.5 Å². The molecule has 48 heavy (non-hydrogen) atoms. The van der Waals surface area contributed by atoms with E-state index in [1.54, 1.807) is 36.4 Å². The number of esters is 2. The van der Waals surface area contributed by atoms with Gasteiger partial charge in [0.05, 0.1) is 36.7 Å². The number of ether oxygens (including phenoxy) is 2. The maximum Gasteiger partial charge on any atom is 0.337 e. The van der Waals surface area contributed by atoms with Gasteiger partial charge in [-0.3, -0.25) is 14.4 Å². The van der Waals surface area contributed by atoms with E-state index in [1.807, 2.05) is 41.0 Å². The van der Waals surface area contributed by atoms with Gasteiger partial charge >= 0.3 is 11.9 Å². The number of anilines is 3. The summed E-state index contributed by atoms with van der Waals surface area (Å²) in [7, 11) is 2.43. The molecule has 2 aliphatic rings. The van der Waals surface area contributed by atoms with Crippen LogP contribution in [0.3, 0.4) is 0 Å². The first kappa shape index (κ1) is 32.0. The van der Waals surface area contributed by atoms with Crippen LogP contribution in [0.1, 0.15) is 54.7 Å². The van der Waals surface area contributed by atoms with Crippen LogP contribution in [0.25, 0.3) is 6.08 Å². The topological polar surface area (TPSA) is 136 Å². The predicted octanol–water partition coefficient (Wildman–Crippen LogP) is 4.95. The Hall–Kier alpha value is -5.97. The van der Waals surface area contributed by atoms with Gasteiger partial charge in [0.2, 0.25) is 5.91 Å². The fourth-order valence-electron chi connectivity index (χ4n) is 6.43. The Morgan fingerprint density at radius 1 is 0.771 bits per heavy atom. The molecule has 0 aliphatic carbocycles. The average Bonchev–Trinajstić information content (AvgIpc) is 3.10. The number of carbonyl (C=O) groups excluding carboxylic acids is 4. The Balaban J connectivity index is 1.31. The summed E-state index contributed by atoms with van der Waals surface area (Å²) >= 11 is 0. The maximum atomic E-state index is 13.6. The number of piperidine rings is 1. The summed E-state index contributed by atoms with van der Waals surface area (Å²) in [5.74, 6) is -1.92. The molecule has 1 fully saturated rings. The van der Waals surface area contributed by atoms with Gasteiger partial charge in [-0.15, -0.1) is 0 Å². The Kier molecular flexibility index (Phi) is 9.20. The number of nitrogens with one attached hydrogen (secondary N) is 2. The first-order valence-electron chi connectivity index (χ1n) is 15.5. The van der Waals surface area contributed by atoms with Gasteiger partial charge in [0.25, 0.3) is 11.5 Å². The van der Waals surface area contributed by atoms with E-state index in [-0.39, 0.29) is 45.7 Å². The first-order chi connectivity index (χ1) is 23.2. The summed E-state index contributed by atoms with van der Waals surface area (Å²) < 4.78 is 11.5. The second-order valence-electron chi connectivity index (χ2n) is 11.8. The number of rotatable bonds is 8. The normalized spacial score (nSPS) is 16.5. The van der Waals surface area contributed by atoms with Gasteiger partial charge in [-0.25, -0.2) is 9.59 Å². The van der Waals surface area contributed by atoms with Crippen molar-refractivity contribution >= 4 is 46.9 Å². The van der Waals surface area contributed by atoms with E-state index >= 15 is 0 Å². The monoisotopic (exact) mass is 646 g/mol. The summed E-state index contributed by atoms with van der Waals surface area (Å²) in [6.07, 6.45) is 4.10. The molecule has 244 valence electrons. The van der Waals surface area contributed by atoms with E-state index in [9.17, 15) is 24.0 Å². The zero-order valence-corrected chi connectivity index (χ0v) is 26.5. The second-order valence-corrected chi connectivity index (χ2v) is 11.8. The molecule has 2 aliphatic heterocycles.